The van der Waals surface area contributed by atoms with Gasteiger partial charge in [-0.3, -0.25) is 19.1 Å². The van der Waals surface area contributed by atoms with Crippen molar-refractivity contribution in [1.29, 1.82) is 0 Å². The molecule has 2 N–H and O–H groups in total. The van der Waals surface area contributed by atoms with Gasteiger partial charge in [-0.15, -0.1) is 21.5 Å². The van der Waals surface area contributed by atoms with E-state index >= 15 is 0 Å². The molecule has 2 amide bonds. The molecule has 0 bridgehead atoms. The first-order valence-electron chi connectivity index (χ1n) is 12.9. The number of amides is 2. The van der Waals surface area contributed by atoms with E-state index in [0.717, 1.165) is 51.6 Å². The van der Waals surface area contributed by atoms with E-state index in [1.165, 1.54) is 4.88 Å². The number of anilines is 1. The molecule has 4 heterocycles. The number of fused-ring (bicyclic) bond motifs is 5. The highest BCUT2D eigenvalue weighted by Gasteiger charge is 2.52. The van der Waals surface area contributed by atoms with Gasteiger partial charge in [0.25, 0.3) is 5.91 Å². The van der Waals surface area contributed by atoms with E-state index in [2.05, 4.69) is 34.7 Å². The van der Waals surface area contributed by atoms with Crippen LogP contribution in [-0.2, 0) is 10.3 Å². The van der Waals surface area contributed by atoms with E-state index in [4.69, 9.17) is 16.6 Å². The number of nitrogens with zero attached hydrogens (tertiary/aromatic N) is 4. The Morgan fingerprint density at radius 3 is 2.67 bits per heavy atom. The van der Waals surface area contributed by atoms with Gasteiger partial charge in [0.15, 0.2) is 5.82 Å². The fourth-order valence-electron chi connectivity index (χ4n) is 5.61. The highest BCUT2D eigenvalue weighted by molar-refractivity contribution is 7.15. The third-order valence-electron chi connectivity index (χ3n) is 7.90. The first kappa shape index (κ1) is 24.2. The van der Waals surface area contributed by atoms with Gasteiger partial charge in [-0.1, -0.05) is 23.7 Å². The van der Waals surface area contributed by atoms with Gasteiger partial charge < -0.3 is 10.6 Å². The summed E-state index contributed by atoms with van der Waals surface area (Å²) in [5.41, 5.74) is 5.96. The number of hydrogen-bond acceptors (Lipinski definition) is 6. The van der Waals surface area contributed by atoms with Crippen molar-refractivity contribution in [2.75, 3.05) is 5.32 Å². The van der Waals surface area contributed by atoms with Crippen LogP contribution in [0.5, 0.6) is 0 Å². The fourth-order valence-corrected chi connectivity index (χ4v) is 6.95. The van der Waals surface area contributed by atoms with Crippen LogP contribution >= 0.6 is 22.9 Å². The Kier molecular flexibility index (Phi) is 5.34. The smallest absolute Gasteiger partial charge is 0.252 e. The molecule has 196 valence electrons. The SMILES string of the molecule is Cc1sc2c(c1C)C(c1ccc(Cl)cc1)=N[C@@H](CC(=O)Nc1ccc3c(c1)C1(CC1)NC3=O)c1nnc(C)n1-2. The number of aryl methyl sites for hydroxylation is 2. The maximum atomic E-state index is 13.4. The standard InChI is InChI=1S/C29H25ClN6O2S/c1-14-15(2)39-28-24(14)25(17-4-6-18(30)7-5-17)32-22(26-35-34-16(3)36(26)28)13-23(37)31-19-8-9-20-21(12-19)29(10-11-29)33-27(20)38/h4-9,12,22H,10-11,13H2,1-3H3,(H,31,37)(H,33,38)/t22-/m0/s1. The number of halogens is 1. The Morgan fingerprint density at radius 1 is 1.15 bits per heavy atom. The van der Waals surface area contributed by atoms with Crippen LogP contribution in [0.4, 0.5) is 5.69 Å². The van der Waals surface area contributed by atoms with Crippen molar-refractivity contribution >= 4 is 46.2 Å². The Balaban J connectivity index is 1.27. The molecule has 7 rings (SSSR count). The van der Waals surface area contributed by atoms with Crippen LogP contribution in [0.15, 0.2) is 47.5 Å². The van der Waals surface area contributed by atoms with E-state index in [1.54, 1.807) is 23.5 Å². The van der Waals surface area contributed by atoms with Crippen molar-refractivity contribution in [3.63, 3.8) is 0 Å². The Bertz CT molecular complexity index is 1730. The van der Waals surface area contributed by atoms with E-state index in [0.29, 0.717) is 22.1 Å². The molecule has 2 aromatic heterocycles. The largest absolute Gasteiger partial charge is 0.342 e. The highest BCUT2D eigenvalue weighted by Crippen LogP contribution is 2.51. The summed E-state index contributed by atoms with van der Waals surface area (Å²) in [6, 6.07) is 12.6. The van der Waals surface area contributed by atoms with Gasteiger partial charge in [0.1, 0.15) is 16.9 Å². The van der Waals surface area contributed by atoms with Gasteiger partial charge in [-0.2, -0.15) is 0 Å². The normalized spacial score (nSPS) is 18.1. The molecule has 0 unspecified atom stereocenters. The van der Waals surface area contributed by atoms with Gasteiger partial charge in [0.2, 0.25) is 5.91 Å². The molecule has 1 saturated carbocycles. The maximum Gasteiger partial charge on any atom is 0.252 e. The maximum absolute atomic E-state index is 13.4. The van der Waals surface area contributed by atoms with Gasteiger partial charge in [-0.05, 0) is 75.1 Å². The first-order valence-corrected chi connectivity index (χ1v) is 14.1. The van der Waals surface area contributed by atoms with Crippen molar-refractivity contribution in [1.82, 2.24) is 20.1 Å². The third kappa shape index (κ3) is 3.83. The lowest BCUT2D eigenvalue weighted by Gasteiger charge is -2.14. The van der Waals surface area contributed by atoms with Crippen LogP contribution in [0.25, 0.3) is 5.00 Å². The second kappa shape index (κ2) is 8.59. The summed E-state index contributed by atoms with van der Waals surface area (Å²) in [6.07, 6.45) is 1.93. The molecule has 39 heavy (non-hydrogen) atoms. The number of benzene rings is 2. The summed E-state index contributed by atoms with van der Waals surface area (Å²) in [5, 5.41) is 16.6. The predicted molar refractivity (Wildman–Crippen MR) is 151 cm³/mol. The minimum atomic E-state index is -0.552. The summed E-state index contributed by atoms with van der Waals surface area (Å²) < 4.78 is 2.04. The molecule has 2 aliphatic heterocycles. The van der Waals surface area contributed by atoms with Gasteiger partial charge >= 0.3 is 0 Å². The fraction of sp³-hybridized carbons (Fsp3) is 0.276. The summed E-state index contributed by atoms with van der Waals surface area (Å²) in [6.45, 7) is 6.12. The minimum absolute atomic E-state index is 0.0457. The van der Waals surface area contributed by atoms with Crippen molar-refractivity contribution in [2.45, 2.75) is 51.6 Å². The molecule has 0 radical (unpaired) electrons. The third-order valence-corrected chi connectivity index (χ3v) is 9.35. The van der Waals surface area contributed by atoms with Crippen LogP contribution in [0.1, 0.15) is 74.4 Å². The Labute approximate surface area is 234 Å². The zero-order valence-electron chi connectivity index (χ0n) is 21.6. The molecule has 1 aliphatic carbocycles. The molecule has 2 aromatic carbocycles. The second-order valence-electron chi connectivity index (χ2n) is 10.5. The van der Waals surface area contributed by atoms with Crippen LogP contribution < -0.4 is 10.6 Å². The Hall–Kier alpha value is -3.82. The molecule has 3 aliphatic rings. The lowest BCUT2D eigenvalue weighted by molar-refractivity contribution is -0.116. The monoisotopic (exact) mass is 556 g/mol. The molecule has 1 atom stereocenters. The number of aliphatic imine (C=N–C) groups is 1. The summed E-state index contributed by atoms with van der Waals surface area (Å²) in [4.78, 5) is 32.1. The zero-order chi connectivity index (χ0) is 27.1. The highest BCUT2D eigenvalue weighted by atomic mass is 35.5. The van der Waals surface area contributed by atoms with Gasteiger partial charge in [-0.25, -0.2) is 0 Å². The van der Waals surface area contributed by atoms with Crippen molar-refractivity contribution in [3.8, 4) is 5.00 Å². The molecule has 1 fully saturated rings. The Morgan fingerprint density at radius 2 is 1.92 bits per heavy atom. The van der Waals surface area contributed by atoms with E-state index in [1.807, 2.05) is 41.8 Å². The zero-order valence-corrected chi connectivity index (χ0v) is 23.2. The summed E-state index contributed by atoms with van der Waals surface area (Å²) in [5.74, 6) is 1.15. The number of thiophene rings is 1. The molecule has 0 saturated heterocycles. The van der Waals surface area contributed by atoms with E-state index < -0.39 is 6.04 Å². The van der Waals surface area contributed by atoms with E-state index in [9.17, 15) is 9.59 Å². The van der Waals surface area contributed by atoms with Crippen LogP contribution in [0, 0.1) is 20.8 Å². The molecule has 10 heteroatoms. The lowest BCUT2D eigenvalue weighted by atomic mass is 9.99. The number of nitrogens with one attached hydrogen (secondary N) is 2. The average Bonchev–Trinajstić information content (AvgIpc) is 3.43. The first-order chi connectivity index (χ1) is 18.7. The average molecular weight is 557 g/mol. The van der Waals surface area contributed by atoms with Crippen LogP contribution in [0.3, 0.4) is 0 Å². The molecule has 4 aromatic rings. The number of hydrogen-bond donors (Lipinski definition) is 2. The van der Waals surface area contributed by atoms with Crippen LogP contribution in [-0.4, -0.2) is 32.3 Å². The van der Waals surface area contributed by atoms with E-state index in [-0.39, 0.29) is 23.8 Å². The predicted octanol–water partition coefficient (Wildman–Crippen LogP) is 5.56. The number of carbonyl (C=O) groups is 2. The van der Waals surface area contributed by atoms with Crippen LogP contribution in [0.2, 0.25) is 5.02 Å². The summed E-state index contributed by atoms with van der Waals surface area (Å²) in [7, 11) is 0. The quantitative estimate of drug-likeness (QED) is 0.343. The molecular formula is C29H25ClN6O2S. The van der Waals surface area contributed by atoms with Gasteiger partial charge in [0.05, 0.1) is 17.7 Å². The van der Waals surface area contributed by atoms with Gasteiger partial charge in [0, 0.05) is 32.3 Å². The van der Waals surface area contributed by atoms with Crippen molar-refractivity contribution < 1.29 is 9.59 Å². The number of rotatable bonds is 4. The topological polar surface area (TPSA) is 101 Å². The second-order valence-corrected chi connectivity index (χ2v) is 12.1. The lowest BCUT2D eigenvalue weighted by Crippen LogP contribution is -2.25. The van der Waals surface area contributed by atoms with Crippen molar-refractivity contribution in [2.24, 2.45) is 4.99 Å². The minimum Gasteiger partial charge on any atom is -0.342 e. The number of carbonyl (C=O) groups excluding carboxylic acids is 2. The van der Waals surface area contributed by atoms with Crippen molar-refractivity contribution in [3.05, 3.63) is 91.8 Å². The molecule has 8 nitrogen and oxygen atoms in total. The number of aromatic nitrogens is 3. The summed E-state index contributed by atoms with van der Waals surface area (Å²) >= 11 is 7.87. The molecular weight excluding hydrogens is 532 g/mol. The molecule has 1 spiro atoms.